The van der Waals surface area contributed by atoms with Crippen molar-refractivity contribution in [1.82, 2.24) is 15.2 Å². The third-order valence-corrected chi connectivity index (χ3v) is 7.08. The number of benzene rings is 2. The topological polar surface area (TPSA) is 72.9 Å². The van der Waals surface area contributed by atoms with Gasteiger partial charge in [0.1, 0.15) is 5.75 Å². The molecule has 2 heterocycles. The van der Waals surface area contributed by atoms with E-state index in [1.165, 1.54) is 0 Å². The summed E-state index contributed by atoms with van der Waals surface area (Å²) in [6, 6.07) is 15.8. The molecule has 7 nitrogen and oxygen atoms in total. The Morgan fingerprint density at radius 2 is 1.87 bits per heavy atom. The number of rotatable bonds is 6. The van der Waals surface area contributed by atoms with Crippen molar-refractivity contribution in [2.45, 2.75) is 65.5 Å². The van der Waals surface area contributed by atoms with Gasteiger partial charge in [-0.15, -0.1) is 0 Å². The van der Waals surface area contributed by atoms with Crippen LogP contribution in [0.4, 0.5) is 0 Å². The highest BCUT2D eigenvalue weighted by Gasteiger charge is 2.18. The van der Waals surface area contributed by atoms with Gasteiger partial charge in [0.2, 0.25) is 11.8 Å². The number of ether oxygens (including phenoxy) is 3. The molecule has 4 rings (SSSR count). The zero-order valence-corrected chi connectivity index (χ0v) is 23.7. The summed E-state index contributed by atoms with van der Waals surface area (Å²) in [6.45, 7) is 9.18. The molecule has 2 aromatic carbocycles. The second kappa shape index (κ2) is 14.0. The quantitative estimate of drug-likeness (QED) is 0.398. The SMILES string of the molecule is COc1cc(C)c(CNC(=O)CN2CCCCCCOc3ccccc3Oc3ncccc3C2)cc1C(C)C. The average Bonchev–Trinajstić information content (AvgIpc) is 2.92. The first-order valence-electron chi connectivity index (χ1n) is 13.9. The molecule has 1 amide bonds. The van der Waals surface area contributed by atoms with Crippen molar-refractivity contribution >= 4 is 5.91 Å². The molecule has 0 atom stereocenters. The third kappa shape index (κ3) is 7.96. The van der Waals surface area contributed by atoms with Crippen LogP contribution in [0.2, 0.25) is 0 Å². The summed E-state index contributed by atoms with van der Waals surface area (Å²) < 4.78 is 17.8. The van der Waals surface area contributed by atoms with Gasteiger partial charge < -0.3 is 19.5 Å². The number of fused-ring (bicyclic) bond motifs is 2. The molecule has 208 valence electrons. The van der Waals surface area contributed by atoms with Crippen LogP contribution in [0.25, 0.3) is 0 Å². The lowest BCUT2D eigenvalue weighted by atomic mass is 9.96. The van der Waals surface area contributed by atoms with Gasteiger partial charge in [0, 0.05) is 24.8 Å². The molecule has 1 aromatic heterocycles. The first-order valence-corrected chi connectivity index (χ1v) is 13.9. The zero-order valence-electron chi connectivity index (χ0n) is 23.7. The number of amides is 1. The monoisotopic (exact) mass is 531 g/mol. The Kier molecular flexibility index (Phi) is 10.2. The zero-order chi connectivity index (χ0) is 27.6. The Labute approximate surface area is 232 Å². The molecule has 0 spiro atoms. The predicted octanol–water partition coefficient (Wildman–Crippen LogP) is 6.39. The summed E-state index contributed by atoms with van der Waals surface area (Å²) >= 11 is 0. The maximum atomic E-state index is 13.1. The molecule has 0 saturated carbocycles. The van der Waals surface area contributed by atoms with Gasteiger partial charge in [0.05, 0.1) is 20.3 Å². The van der Waals surface area contributed by atoms with Gasteiger partial charge in [-0.3, -0.25) is 9.69 Å². The highest BCUT2D eigenvalue weighted by atomic mass is 16.5. The Balaban J connectivity index is 1.47. The van der Waals surface area contributed by atoms with Crippen LogP contribution in [0.15, 0.2) is 54.7 Å². The van der Waals surface area contributed by atoms with E-state index in [0.29, 0.717) is 43.8 Å². The number of carbonyl (C=O) groups is 1. The molecule has 0 unspecified atom stereocenters. The number of nitrogens with one attached hydrogen (secondary N) is 1. The van der Waals surface area contributed by atoms with Gasteiger partial charge in [-0.25, -0.2) is 4.98 Å². The predicted molar refractivity (Wildman–Crippen MR) is 154 cm³/mol. The van der Waals surface area contributed by atoms with Crippen molar-refractivity contribution in [1.29, 1.82) is 0 Å². The van der Waals surface area contributed by atoms with Crippen LogP contribution in [0.5, 0.6) is 23.1 Å². The smallest absolute Gasteiger partial charge is 0.234 e. The highest BCUT2D eigenvalue weighted by molar-refractivity contribution is 5.78. The van der Waals surface area contributed by atoms with Crippen molar-refractivity contribution in [2.24, 2.45) is 0 Å². The van der Waals surface area contributed by atoms with E-state index in [2.05, 4.69) is 48.1 Å². The lowest BCUT2D eigenvalue weighted by Crippen LogP contribution is -2.37. The van der Waals surface area contributed by atoms with Gasteiger partial charge in [-0.2, -0.15) is 0 Å². The second-order valence-electron chi connectivity index (χ2n) is 10.4. The summed E-state index contributed by atoms with van der Waals surface area (Å²) in [6.07, 6.45) is 5.88. The summed E-state index contributed by atoms with van der Waals surface area (Å²) in [5.41, 5.74) is 4.30. The Hall–Kier alpha value is -3.58. The molecule has 7 heteroatoms. The van der Waals surface area contributed by atoms with Crippen molar-refractivity contribution < 1.29 is 19.0 Å². The second-order valence-corrected chi connectivity index (χ2v) is 10.4. The standard InChI is InChI=1S/C32H41N3O4/c1-23(2)27-19-26(24(3)18-30(27)37-4)20-34-31(36)22-35-16-9-5-6-10-17-38-28-13-7-8-14-29(28)39-32-25(21-35)12-11-15-33-32/h7-8,11-15,18-19,23H,5-6,9-10,16-17,20-22H2,1-4H3,(H,34,36). The fourth-order valence-corrected chi connectivity index (χ4v) is 4.84. The summed E-state index contributed by atoms with van der Waals surface area (Å²) in [7, 11) is 1.70. The van der Waals surface area contributed by atoms with E-state index in [1.807, 2.05) is 36.4 Å². The van der Waals surface area contributed by atoms with E-state index < -0.39 is 0 Å². The lowest BCUT2D eigenvalue weighted by Gasteiger charge is -2.24. The number of pyridine rings is 1. The van der Waals surface area contributed by atoms with Crippen molar-refractivity contribution in [3.8, 4) is 23.1 Å². The normalized spacial score (nSPS) is 14.8. The molecule has 0 fully saturated rings. The van der Waals surface area contributed by atoms with Crippen LogP contribution in [0.3, 0.4) is 0 Å². The van der Waals surface area contributed by atoms with Crippen LogP contribution in [-0.2, 0) is 17.9 Å². The average molecular weight is 532 g/mol. The molecule has 3 aromatic rings. The van der Waals surface area contributed by atoms with E-state index in [9.17, 15) is 4.79 Å². The van der Waals surface area contributed by atoms with E-state index in [1.54, 1.807) is 13.3 Å². The lowest BCUT2D eigenvalue weighted by molar-refractivity contribution is -0.122. The first kappa shape index (κ1) is 28.4. The van der Waals surface area contributed by atoms with E-state index in [0.717, 1.165) is 66.0 Å². The van der Waals surface area contributed by atoms with Gasteiger partial charge in [-0.1, -0.05) is 44.9 Å². The van der Waals surface area contributed by atoms with Crippen LogP contribution >= 0.6 is 0 Å². The van der Waals surface area contributed by atoms with Gasteiger partial charge in [0.25, 0.3) is 0 Å². The number of carbonyl (C=O) groups excluding carboxylic acids is 1. The number of hydrogen-bond donors (Lipinski definition) is 1. The number of methoxy groups -OCH3 is 1. The Morgan fingerprint density at radius 3 is 2.67 bits per heavy atom. The third-order valence-electron chi connectivity index (χ3n) is 7.08. The minimum atomic E-state index is 0.00235. The summed E-state index contributed by atoms with van der Waals surface area (Å²) in [5, 5.41) is 3.15. The van der Waals surface area contributed by atoms with E-state index in [-0.39, 0.29) is 5.91 Å². The summed E-state index contributed by atoms with van der Waals surface area (Å²) in [4.78, 5) is 19.8. The van der Waals surface area contributed by atoms with Gasteiger partial charge in [-0.05, 0) is 79.3 Å². The number of aryl methyl sites for hydroxylation is 1. The fourth-order valence-electron chi connectivity index (χ4n) is 4.84. The van der Waals surface area contributed by atoms with Crippen molar-refractivity contribution in [3.63, 3.8) is 0 Å². The molecule has 0 saturated heterocycles. The number of aromatic nitrogens is 1. The molecule has 0 radical (unpaired) electrons. The molecule has 1 aliphatic heterocycles. The Morgan fingerprint density at radius 1 is 1.08 bits per heavy atom. The number of hydrogen-bond acceptors (Lipinski definition) is 6. The number of nitrogens with zero attached hydrogens (tertiary/aromatic N) is 2. The molecular weight excluding hydrogens is 490 g/mol. The highest BCUT2D eigenvalue weighted by Crippen LogP contribution is 2.33. The molecular formula is C32H41N3O4. The molecule has 1 N–H and O–H groups in total. The first-order chi connectivity index (χ1) is 18.9. The fraction of sp³-hybridized carbons (Fsp3) is 0.438. The minimum absolute atomic E-state index is 0.00235. The van der Waals surface area contributed by atoms with E-state index >= 15 is 0 Å². The molecule has 0 aliphatic carbocycles. The summed E-state index contributed by atoms with van der Waals surface area (Å²) in [5.74, 6) is 3.13. The largest absolute Gasteiger partial charge is 0.496 e. The van der Waals surface area contributed by atoms with Crippen LogP contribution in [0, 0.1) is 6.92 Å². The van der Waals surface area contributed by atoms with Crippen LogP contribution < -0.4 is 19.5 Å². The Bertz CT molecular complexity index is 1240. The maximum Gasteiger partial charge on any atom is 0.234 e. The van der Waals surface area contributed by atoms with E-state index in [4.69, 9.17) is 14.2 Å². The minimum Gasteiger partial charge on any atom is -0.496 e. The molecule has 1 aliphatic rings. The van der Waals surface area contributed by atoms with Crippen molar-refractivity contribution in [3.05, 3.63) is 77.0 Å². The van der Waals surface area contributed by atoms with Gasteiger partial charge >= 0.3 is 0 Å². The van der Waals surface area contributed by atoms with Crippen LogP contribution in [0.1, 0.15) is 67.7 Å². The maximum absolute atomic E-state index is 13.1. The molecule has 0 bridgehead atoms. The van der Waals surface area contributed by atoms with Crippen molar-refractivity contribution in [2.75, 3.05) is 26.8 Å². The van der Waals surface area contributed by atoms with Crippen LogP contribution in [-0.4, -0.2) is 42.6 Å². The molecule has 39 heavy (non-hydrogen) atoms. The number of para-hydroxylation sites is 2. The van der Waals surface area contributed by atoms with Gasteiger partial charge in [0.15, 0.2) is 11.5 Å².